The topological polar surface area (TPSA) is 97.5 Å². The van der Waals surface area contributed by atoms with Crippen molar-refractivity contribution >= 4 is 80.8 Å². The van der Waals surface area contributed by atoms with Gasteiger partial charge >= 0.3 is 0 Å². The van der Waals surface area contributed by atoms with E-state index in [1.54, 1.807) is 6.20 Å². The lowest BCUT2D eigenvalue weighted by molar-refractivity contribution is 0.147. The normalized spacial score (nSPS) is 14.3. The van der Waals surface area contributed by atoms with Crippen molar-refractivity contribution in [1.82, 2.24) is 19.6 Å². The van der Waals surface area contributed by atoms with Gasteiger partial charge in [0.05, 0.1) is 35.1 Å². The molecule has 2 aromatic carbocycles. The number of benzene rings is 2. The Hall–Kier alpha value is -3.70. The summed E-state index contributed by atoms with van der Waals surface area (Å²) in [5, 5.41) is 12.4. The maximum absolute atomic E-state index is 13.2. The van der Waals surface area contributed by atoms with Crippen molar-refractivity contribution in [2.45, 2.75) is 52.9 Å². The lowest BCUT2D eigenvalue weighted by atomic mass is 9.08. The third-order valence-electron chi connectivity index (χ3n) is 9.08. The zero-order valence-corrected chi connectivity index (χ0v) is 33.2. The number of piperidine rings is 2. The highest BCUT2D eigenvalue weighted by Crippen LogP contribution is 2.28. The SMILES string of the molecule is CC1CCN(c2cnn(-c3ccccc3)c(=O)c2Cl)CC1.CCOCCCNc1c(N2CCC(C)CC2)cnn(-c2ccccc2)c1=O.[B]B([B])[B].[B][B][B]. The van der Waals surface area contributed by atoms with Crippen molar-refractivity contribution < 1.29 is 4.74 Å². The number of rotatable bonds is 10. The van der Waals surface area contributed by atoms with Crippen LogP contribution in [0.2, 0.25) is 5.02 Å². The van der Waals surface area contributed by atoms with E-state index in [1.165, 1.54) is 9.36 Å². The molecule has 55 heavy (non-hydrogen) atoms. The van der Waals surface area contributed by atoms with Crippen LogP contribution in [0.15, 0.2) is 82.6 Å². The fourth-order valence-electron chi connectivity index (χ4n) is 6.03. The van der Waals surface area contributed by atoms with E-state index in [2.05, 4.69) is 77.8 Å². The number of hydrogen-bond donors (Lipinski definition) is 1. The van der Waals surface area contributed by atoms with E-state index in [9.17, 15) is 9.59 Å². The molecule has 2 fully saturated rings. The number of anilines is 3. The second-order valence-corrected chi connectivity index (χ2v) is 13.8. The quantitative estimate of drug-likeness (QED) is 0.194. The van der Waals surface area contributed by atoms with Crippen LogP contribution >= 0.6 is 11.6 Å². The summed E-state index contributed by atoms with van der Waals surface area (Å²) < 4.78 is 8.23. The van der Waals surface area contributed by atoms with Gasteiger partial charge in [0.15, 0.2) is 0 Å². The van der Waals surface area contributed by atoms with Crippen molar-refractivity contribution in [3.63, 3.8) is 0 Å². The summed E-state index contributed by atoms with van der Waals surface area (Å²) in [6.45, 7) is 12.4. The molecule has 0 atom stereocenters. The summed E-state index contributed by atoms with van der Waals surface area (Å²) in [5.41, 5.74) is 3.44. The summed E-state index contributed by atoms with van der Waals surface area (Å²) in [6.07, 6.45) is 8.26. The van der Waals surface area contributed by atoms with Crippen LogP contribution < -0.4 is 26.2 Å². The molecule has 2 aliphatic heterocycles. The Morgan fingerprint density at radius 2 is 1.20 bits per heavy atom. The molecule has 0 spiro atoms. The van der Waals surface area contributed by atoms with Crippen LogP contribution in [0, 0.1) is 11.8 Å². The highest BCUT2D eigenvalue weighted by molar-refractivity contribution is 7.49. The first-order chi connectivity index (χ1) is 26.5. The lowest BCUT2D eigenvalue weighted by Gasteiger charge is -2.33. The van der Waals surface area contributed by atoms with E-state index < -0.39 is 6.39 Å². The standard InChI is InChI=1S/C21H30N4O2.C16H18ClN3O.B4.B3/c1-3-27-15-7-12-22-20-19(24-13-10-17(2)11-14-24)16-23-25(21(20)26)18-8-5-4-6-9-18;1-12-7-9-19(10-8-12)14-11-18-20(16(21)15(14)17)13-5-3-2-4-6-13;1-4(2)3;1-3-2/h4-6,8-9,16-17,22H,3,7,10-15H2,1-2H3;2-6,11-12H,7-10H2,1H3;;. The molecule has 6 rings (SSSR count). The molecule has 0 aliphatic carbocycles. The van der Waals surface area contributed by atoms with Gasteiger partial charge in [-0.25, -0.2) is 0 Å². The highest BCUT2D eigenvalue weighted by Gasteiger charge is 2.23. The molecule has 2 aliphatic rings. The predicted molar refractivity (Wildman–Crippen MR) is 236 cm³/mol. The zero-order valence-electron chi connectivity index (χ0n) is 32.4. The molecule has 1 N–H and O–H groups in total. The van der Waals surface area contributed by atoms with Crippen LogP contribution in [0.3, 0.4) is 0 Å². The lowest BCUT2D eigenvalue weighted by Crippen LogP contribution is -2.36. The van der Waals surface area contributed by atoms with Crippen LogP contribution in [-0.2, 0) is 4.74 Å². The van der Waals surface area contributed by atoms with Gasteiger partial charge in [0.2, 0.25) is 0 Å². The van der Waals surface area contributed by atoms with Crippen LogP contribution in [0.1, 0.15) is 52.9 Å². The molecule has 277 valence electrons. The van der Waals surface area contributed by atoms with Crippen molar-refractivity contribution in [3.05, 3.63) is 98.8 Å². The minimum Gasteiger partial charge on any atom is -0.382 e. The molecule has 18 heteroatoms. The van der Waals surface area contributed by atoms with E-state index in [-0.39, 0.29) is 16.1 Å². The van der Waals surface area contributed by atoms with E-state index >= 15 is 0 Å². The van der Waals surface area contributed by atoms with Crippen LogP contribution in [0.4, 0.5) is 17.1 Å². The molecule has 4 heterocycles. The maximum Gasteiger partial charge on any atom is 0.296 e. The minimum absolute atomic E-state index is 0.103. The molecule has 2 saturated heterocycles. The number of nitrogens with one attached hydrogen (secondary N) is 1. The first-order valence-electron chi connectivity index (χ1n) is 18.9. The Labute approximate surface area is 339 Å². The van der Waals surface area contributed by atoms with Gasteiger partial charge in [0, 0.05) is 98.1 Å². The smallest absolute Gasteiger partial charge is 0.296 e. The number of aromatic nitrogens is 4. The first kappa shape index (κ1) is 45.7. The molecule has 2 aromatic heterocycles. The summed E-state index contributed by atoms with van der Waals surface area (Å²) in [4.78, 5) is 30.1. The van der Waals surface area contributed by atoms with Gasteiger partial charge in [-0.15, -0.1) is 0 Å². The number of para-hydroxylation sites is 2. The largest absolute Gasteiger partial charge is 0.382 e. The summed E-state index contributed by atoms with van der Waals surface area (Å²) in [7, 11) is 24.0. The number of hydrogen-bond acceptors (Lipinski definition) is 8. The molecular weight excluding hydrogens is 702 g/mol. The van der Waals surface area contributed by atoms with Crippen molar-refractivity contribution in [2.75, 3.05) is 61.1 Å². The fourth-order valence-corrected chi connectivity index (χ4v) is 6.28. The third-order valence-corrected chi connectivity index (χ3v) is 9.44. The summed E-state index contributed by atoms with van der Waals surface area (Å²) in [6, 6.07) is 18.9. The van der Waals surface area contributed by atoms with Gasteiger partial charge < -0.3 is 19.9 Å². The van der Waals surface area contributed by atoms with E-state index in [1.807, 2.05) is 73.8 Å². The number of nitrogens with zero attached hydrogens (tertiary/aromatic N) is 6. The molecule has 11 radical (unpaired) electrons. The van der Waals surface area contributed by atoms with E-state index in [0.29, 0.717) is 25.4 Å². The first-order valence-corrected chi connectivity index (χ1v) is 19.2. The summed E-state index contributed by atoms with van der Waals surface area (Å²) >= 11 is 6.30. The molecule has 0 bridgehead atoms. The molecule has 10 nitrogen and oxygen atoms in total. The van der Waals surface area contributed by atoms with Gasteiger partial charge in [-0.1, -0.05) is 61.8 Å². The average Bonchev–Trinajstić information content (AvgIpc) is 3.18. The Bertz CT molecular complexity index is 1790. The van der Waals surface area contributed by atoms with Crippen LogP contribution in [0.25, 0.3) is 11.4 Å². The average molecular weight is 750 g/mol. The third kappa shape index (κ3) is 14.7. The van der Waals surface area contributed by atoms with Gasteiger partial charge in [-0.2, -0.15) is 19.6 Å². The summed E-state index contributed by atoms with van der Waals surface area (Å²) in [5.74, 6) is 1.47. The Morgan fingerprint density at radius 1 is 0.782 bits per heavy atom. The van der Waals surface area contributed by atoms with E-state index in [0.717, 1.165) is 99.9 Å². The Morgan fingerprint density at radius 3 is 1.65 bits per heavy atom. The zero-order chi connectivity index (χ0) is 40.2. The number of halogens is 1. The molecule has 0 amide bonds. The number of ether oxygens (including phenoxy) is 1. The highest BCUT2D eigenvalue weighted by atomic mass is 35.5. The molecular formula is C37H48B7ClN7O3. The van der Waals surface area contributed by atoms with E-state index in [4.69, 9.17) is 16.3 Å². The Kier molecular flexibility index (Phi) is 20.6. The molecule has 0 unspecified atom stereocenters. The second kappa shape index (κ2) is 24.7. The van der Waals surface area contributed by atoms with Gasteiger partial charge in [0.1, 0.15) is 10.7 Å². The molecule has 0 saturated carbocycles. The monoisotopic (exact) mass is 750 g/mol. The van der Waals surface area contributed by atoms with Gasteiger partial charge in [-0.3, -0.25) is 9.59 Å². The van der Waals surface area contributed by atoms with Crippen LogP contribution in [-0.4, -0.2) is 118 Å². The second-order valence-electron chi connectivity index (χ2n) is 13.4. The van der Waals surface area contributed by atoms with Gasteiger partial charge in [-0.05, 0) is 75.1 Å². The predicted octanol–water partition coefficient (Wildman–Crippen LogP) is 3.76. The van der Waals surface area contributed by atoms with Gasteiger partial charge in [0.25, 0.3) is 11.1 Å². The maximum atomic E-state index is 13.2. The van der Waals surface area contributed by atoms with Crippen molar-refractivity contribution in [2.24, 2.45) is 11.8 Å². The van der Waals surface area contributed by atoms with Crippen LogP contribution in [0.5, 0.6) is 0 Å². The Balaban J connectivity index is 0.000000258. The molecule has 4 aromatic rings. The minimum atomic E-state index is -0.667. The van der Waals surface area contributed by atoms with Crippen molar-refractivity contribution in [3.8, 4) is 11.4 Å². The van der Waals surface area contributed by atoms with Crippen molar-refractivity contribution in [1.29, 1.82) is 0 Å². The fraction of sp³-hybridized carbons (Fsp3) is 0.459.